The van der Waals surface area contributed by atoms with Gasteiger partial charge < -0.3 is 25.2 Å². The zero-order valence-electron chi connectivity index (χ0n) is 16.4. The summed E-state index contributed by atoms with van der Waals surface area (Å²) < 4.78 is 11.3. The highest BCUT2D eigenvalue weighted by Crippen LogP contribution is 2.45. The van der Waals surface area contributed by atoms with Gasteiger partial charge in [0.25, 0.3) is 11.8 Å². The SMILES string of the molecule is CNC(=O)c1cc(C(=O)NC2CC2)cc2c1OC(CO)[C@H]2c1cccc(OC)c1. The average molecular weight is 396 g/mol. The molecule has 0 radical (unpaired) electrons. The van der Waals surface area contributed by atoms with Crippen molar-refractivity contribution in [3.8, 4) is 11.5 Å². The number of hydrogen-bond acceptors (Lipinski definition) is 5. The number of nitrogens with one attached hydrogen (secondary N) is 2. The van der Waals surface area contributed by atoms with E-state index in [0.717, 1.165) is 18.4 Å². The molecule has 4 rings (SSSR count). The molecule has 2 aliphatic rings. The first kappa shape index (κ1) is 19.3. The quantitative estimate of drug-likeness (QED) is 0.692. The minimum Gasteiger partial charge on any atom is -0.497 e. The van der Waals surface area contributed by atoms with E-state index in [4.69, 9.17) is 9.47 Å². The third-order valence-electron chi connectivity index (χ3n) is 5.37. The van der Waals surface area contributed by atoms with Gasteiger partial charge in [0, 0.05) is 24.2 Å². The van der Waals surface area contributed by atoms with Crippen LogP contribution in [0.25, 0.3) is 0 Å². The second-order valence-corrected chi connectivity index (χ2v) is 7.36. The maximum atomic E-state index is 12.7. The lowest BCUT2D eigenvalue weighted by atomic mass is 9.86. The Balaban J connectivity index is 1.83. The molecule has 2 aromatic rings. The molecule has 1 fully saturated rings. The molecule has 0 aromatic heterocycles. The maximum Gasteiger partial charge on any atom is 0.254 e. The lowest BCUT2D eigenvalue weighted by Gasteiger charge is -2.18. The van der Waals surface area contributed by atoms with Crippen molar-refractivity contribution in [2.24, 2.45) is 0 Å². The molecule has 1 unspecified atom stereocenters. The van der Waals surface area contributed by atoms with Crippen LogP contribution in [0.4, 0.5) is 0 Å². The summed E-state index contributed by atoms with van der Waals surface area (Å²) in [6.07, 6.45) is 1.38. The molecule has 1 saturated carbocycles. The van der Waals surface area contributed by atoms with Gasteiger partial charge in [-0.15, -0.1) is 0 Å². The van der Waals surface area contributed by atoms with Crippen molar-refractivity contribution in [1.82, 2.24) is 10.6 Å². The second kappa shape index (κ2) is 7.75. The van der Waals surface area contributed by atoms with Gasteiger partial charge in [0.15, 0.2) is 0 Å². The van der Waals surface area contributed by atoms with E-state index in [1.54, 1.807) is 19.2 Å². The number of amides is 2. The van der Waals surface area contributed by atoms with Gasteiger partial charge in [-0.05, 0) is 42.7 Å². The molecular formula is C22H24N2O5. The van der Waals surface area contributed by atoms with Crippen LogP contribution in [0, 0.1) is 0 Å². The maximum absolute atomic E-state index is 12.7. The number of benzene rings is 2. The fraction of sp³-hybridized carbons (Fsp3) is 0.364. The van der Waals surface area contributed by atoms with Gasteiger partial charge in [-0.1, -0.05) is 12.1 Å². The molecule has 2 atom stereocenters. The minimum atomic E-state index is -0.567. The number of carbonyl (C=O) groups is 2. The summed E-state index contributed by atoms with van der Waals surface area (Å²) >= 11 is 0. The van der Waals surface area contributed by atoms with Gasteiger partial charge in [-0.25, -0.2) is 0 Å². The van der Waals surface area contributed by atoms with E-state index in [9.17, 15) is 14.7 Å². The van der Waals surface area contributed by atoms with Crippen molar-refractivity contribution in [1.29, 1.82) is 0 Å². The highest BCUT2D eigenvalue weighted by Gasteiger charge is 2.39. The second-order valence-electron chi connectivity index (χ2n) is 7.36. The Labute approximate surface area is 169 Å². The van der Waals surface area contributed by atoms with Crippen LogP contribution in [-0.4, -0.2) is 49.8 Å². The third kappa shape index (κ3) is 3.65. The number of rotatable bonds is 6. The summed E-state index contributed by atoms with van der Waals surface area (Å²) in [4.78, 5) is 25.2. The van der Waals surface area contributed by atoms with Gasteiger partial charge in [-0.3, -0.25) is 9.59 Å². The molecule has 2 aromatic carbocycles. The monoisotopic (exact) mass is 396 g/mol. The molecule has 1 aliphatic heterocycles. The smallest absolute Gasteiger partial charge is 0.254 e. The molecule has 29 heavy (non-hydrogen) atoms. The molecule has 0 saturated heterocycles. The molecule has 7 heteroatoms. The van der Waals surface area contributed by atoms with E-state index in [0.29, 0.717) is 22.6 Å². The Morgan fingerprint density at radius 2 is 2.00 bits per heavy atom. The summed E-state index contributed by atoms with van der Waals surface area (Å²) in [5.41, 5.74) is 2.28. The van der Waals surface area contributed by atoms with Gasteiger partial charge in [0.1, 0.15) is 17.6 Å². The van der Waals surface area contributed by atoms with Crippen molar-refractivity contribution in [2.45, 2.75) is 30.9 Å². The fourth-order valence-corrected chi connectivity index (χ4v) is 3.74. The third-order valence-corrected chi connectivity index (χ3v) is 5.37. The Morgan fingerprint density at radius 1 is 1.21 bits per heavy atom. The molecular weight excluding hydrogens is 372 g/mol. The highest BCUT2D eigenvalue weighted by atomic mass is 16.5. The van der Waals surface area contributed by atoms with Crippen LogP contribution in [0.1, 0.15) is 50.6 Å². The fourth-order valence-electron chi connectivity index (χ4n) is 3.74. The van der Waals surface area contributed by atoms with Crippen molar-refractivity contribution >= 4 is 11.8 Å². The van der Waals surface area contributed by atoms with Gasteiger partial charge in [0.05, 0.1) is 25.2 Å². The number of hydrogen-bond donors (Lipinski definition) is 3. The summed E-state index contributed by atoms with van der Waals surface area (Å²) in [5.74, 6) is 0.200. The number of methoxy groups -OCH3 is 1. The highest BCUT2D eigenvalue weighted by molar-refractivity contribution is 6.02. The van der Waals surface area contributed by atoms with Gasteiger partial charge in [0.2, 0.25) is 0 Å². The first-order chi connectivity index (χ1) is 14.0. The molecule has 1 heterocycles. The Hall–Kier alpha value is -3.06. The van der Waals surface area contributed by atoms with E-state index in [-0.39, 0.29) is 35.9 Å². The van der Waals surface area contributed by atoms with Gasteiger partial charge in [-0.2, -0.15) is 0 Å². The van der Waals surface area contributed by atoms with Crippen LogP contribution in [0.5, 0.6) is 11.5 Å². The Kier molecular flexibility index (Phi) is 5.15. The average Bonchev–Trinajstić information content (AvgIpc) is 3.48. The minimum absolute atomic E-state index is 0.204. The first-order valence-electron chi connectivity index (χ1n) is 9.68. The normalized spacial score (nSPS) is 19.8. The molecule has 152 valence electrons. The Morgan fingerprint density at radius 3 is 2.66 bits per heavy atom. The molecule has 3 N–H and O–H groups in total. The summed E-state index contributed by atoms with van der Waals surface area (Å²) in [6.45, 7) is -0.229. The van der Waals surface area contributed by atoms with Crippen LogP contribution >= 0.6 is 0 Å². The van der Waals surface area contributed by atoms with Crippen molar-refractivity contribution in [2.75, 3.05) is 20.8 Å². The standard InChI is InChI=1S/C22H24N2O5/c1-23-22(27)17-10-13(21(26)24-14-6-7-14)9-16-19(18(11-25)29-20(16)17)12-4-3-5-15(8-12)28-2/h3-5,8-10,14,18-19,25H,6-7,11H2,1-2H3,(H,23,27)(H,24,26)/t18?,19-/m0/s1. The van der Waals surface area contributed by atoms with Gasteiger partial charge >= 0.3 is 0 Å². The van der Waals surface area contributed by atoms with Crippen LogP contribution in [0.2, 0.25) is 0 Å². The predicted octanol–water partition coefficient (Wildman–Crippen LogP) is 1.83. The molecule has 7 nitrogen and oxygen atoms in total. The van der Waals surface area contributed by atoms with Crippen LogP contribution < -0.4 is 20.1 Å². The molecule has 0 bridgehead atoms. The summed E-state index contributed by atoms with van der Waals surface area (Å²) in [5, 5.41) is 15.5. The predicted molar refractivity (Wildman–Crippen MR) is 107 cm³/mol. The zero-order valence-corrected chi connectivity index (χ0v) is 16.4. The van der Waals surface area contributed by atoms with Crippen LogP contribution in [-0.2, 0) is 0 Å². The lowest BCUT2D eigenvalue weighted by Crippen LogP contribution is -2.26. The number of fused-ring (bicyclic) bond motifs is 1. The topological polar surface area (TPSA) is 96.9 Å². The van der Waals surface area contributed by atoms with Crippen LogP contribution in [0.15, 0.2) is 36.4 Å². The summed E-state index contributed by atoms with van der Waals surface area (Å²) in [7, 11) is 3.12. The number of aliphatic hydroxyl groups is 1. The van der Waals surface area contributed by atoms with Crippen molar-refractivity contribution < 1.29 is 24.2 Å². The number of ether oxygens (including phenoxy) is 2. The lowest BCUT2D eigenvalue weighted by molar-refractivity contribution is 0.0947. The van der Waals surface area contributed by atoms with E-state index in [2.05, 4.69) is 10.6 Å². The van der Waals surface area contributed by atoms with Crippen molar-refractivity contribution in [3.63, 3.8) is 0 Å². The molecule has 1 aliphatic carbocycles. The van der Waals surface area contributed by atoms with Crippen LogP contribution in [0.3, 0.4) is 0 Å². The number of aliphatic hydroxyl groups excluding tert-OH is 1. The number of carbonyl (C=O) groups excluding carboxylic acids is 2. The van der Waals surface area contributed by atoms with E-state index < -0.39 is 6.10 Å². The van der Waals surface area contributed by atoms with E-state index in [1.165, 1.54) is 7.05 Å². The van der Waals surface area contributed by atoms with E-state index in [1.807, 2.05) is 24.3 Å². The first-order valence-corrected chi connectivity index (χ1v) is 9.68. The van der Waals surface area contributed by atoms with E-state index >= 15 is 0 Å². The summed E-state index contributed by atoms with van der Waals surface area (Å²) in [6, 6.07) is 11.0. The largest absolute Gasteiger partial charge is 0.497 e. The molecule has 2 amide bonds. The van der Waals surface area contributed by atoms with Crippen molar-refractivity contribution in [3.05, 3.63) is 58.7 Å². The zero-order chi connectivity index (χ0) is 20.5. The Bertz CT molecular complexity index is 954. The molecule has 0 spiro atoms.